The number of nitrogens with one attached hydrogen (secondary N) is 2. The van der Waals surface area contributed by atoms with E-state index in [0.717, 1.165) is 37.3 Å². The van der Waals surface area contributed by atoms with Crippen LogP contribution in [0.4, 0.5) is 0 Å². The van der Waals surface area contributed by atoms with Crippen LogP contribution in [0.5, 0.6) is 0 Å². The SMILES string of the molecule is Cc1cccn2c(C3(NC(=O)[C@H]4[C@@H]5CNC[C@@H]54)CCOCC3)ncc12. The number of amides is 1. The lowest BCUT2D eigenvalue weighted by atomic mass is 9.88. The fourth-order valence-electron chi connectivity index (χ4n) is 4.77. The number of fused-ring (bicyclic) bond motifs is 2. The van der Waals surface area contributed by atoms with Gasteiger partial charge in [-0.25, -0.2) is 4.98 Å². The summed E-state index contributed by atoms with van der Waals surface area (Å²) in [5.74, 6) is 2.36. The fraction of sp³-hybridized carbons (Fsp3) is 0.579. The van der Waals surface area contributed by atoms with Crippen LogP contribution in [0.3, 0.4) is 0 Å². The Hall–Kier alpha value is -1.92. The molecule has 132 valence electrons. The van der Waals surface area contributed by atoms with Gasteiger partial charge in [0.05, 0.1) is 11.7 Å². The van der Waals surface area contributed by atoms with E-state index < -0.39 is 5.54 Å². The van der Waals surface area contributed by atoms with Gasteiger partial charge in [-0.1, -0.05) is 6.07 Å². The first-order valence-electron chi connectivity index (χ1n) is 9.23. The first-order chi connectivity index (χ1) is 12.2. The molecule has 6 nitrogen and oxygen atoms in total. The monoisotopic (exact) mass is 340 g/mol. The third-order valence-corrected chi connectivity index (χ3v) is 6.31. The number of imidazole rings is 1. The third-order valence-electron chi connectivity index (χ3n) is 6.31. The van der Waals surface area contributed by atoms with Crippen LogP contribution < -0.4 is 10.6 Å². The van der Waals surface area contributed by atoms with E-state index in [1.165, 1.54) is 5.56 Å². The van der Waals surface area contributed by atoms with Gasteiger partial charge in [-0.2, -0.15) is 0 Å². The molecular weight excluding hydrogens is 316 g/mol. The van der Waals surface area contributed by atoms with E-state index in [2.05, 4.69) is 28.0 Å². The number of aryl methyl sites for hydroxylation is 1. The van der Waals surface area contributed by atoms with Gasteiger partial charge in [0.15, 0.2) is 0 Å². The molecule has 3 aliphatic rings. The summed E-state index contributed by atoms with van der Waals surface area (Å²) < 4.78 is 7.73. The lowest BCUT2D eigenvalue weighted by Crippen LogP contribution is -2.51. The number of carbonyl (C=O) groups is 1. The zero-order valence-electron chi connectivity index (χ0n) is 14.5. The van der Waals surface area contributed by atoms with Crippen molar-refractivity contribution in [1.82, 2.24) is 20.0 Å². The molecule has 2 aromatic heterocycles. The molecule has 6 heteroatoms. The topological polar surface area (TPSA) is 67.7 Å². The molecule has 1 amide bonds. The van der Waals surface area contributed by atoms with Crippen LogP contribution in [-0.4, -0.2) is 41.6 Å². The average molecular weight is 340 g/mol. The highest BCUT2D eigenvalue weighted by Gasteiger charge is 2.58. The number of carbonyl (C=O) groups excluding carboxylic acids is 1. The zero-order chi connectivity index (χ0) is 17.0. The summed E-state index contributed by atoms with van der Waals surface area (Å²) in [5.41, 5.74) is 1.86. The van der Waals surface area contributed by atoms with Crippen LogP contribution in [0.2, 0.25) is 0 Å². The minimum Gasteiger partial charge on any atom is -0.381 e. The first kappa shape index (κ1) is 15.3. The molecule has 0 aromatic carbocycles. The third kappa shape index (κ3) is 2.31. The lowest BCUT2D eigenvalue weighted by Gasteiger charge is -2.37. The number of pyridine rings is 1. The predicted octanol–water partition coefficient (Wildman–Crippen LogP) is 1.23. The maximum atomic E-state index is 13.0. The molecule has 0 unspecified atom stereocenters. The van der Waals surface area contributed by atoms with Crippen LogP contribution in [0.1, 0.15) is 24.2 Å². The van der Waals surface area contributed by atoms with Crippen molar-refractivity contribution in [3.63, 3.8) is 0 Å². The predicted molar refractivity (Wildman–Crippen MR) is 93.1 cm³/mol. The molecule has 0 bridgehead atoms. The van der Waals surface area contributed by atoms with Crippen LogP contribution in [0, 0.1) is 24.7 Å². The van der Waals surface area contributed by atoms with Crippen molar-refractivity contribution >= 4 is 11.4 Å². The van der Waals surface area contributed by atoms with Crippen molar-refractivity contribution in [1.29, 1.82) is 0 Å². The van der Waals surface area contributed by atoms with Gasteiger partial charge in [-0.3, -0.25) is 4.79 Å². The molecule has 2 saturated heterocycles. The van der Waals surface area contributed by atoms with E-state index >= 15 is 0 Å². The van der Waals surface area contributed by atoms with E-state index in [-0.39, 0.29) is 11.8 Å². The summed E-state index contributed by atoms with van der Waals surface area (Å²) in [6.07, 6.45) is 5.51. The number of aromatic nitrogens is 2. The highest BCUT2D eigenvalue weighted by molar-refractivity contribution is 5.83. The van der Waals surface area contributed by atoms with E-state index in [9.17, 15) is 4.79 Å². The van der Waals surface area contributed by atoms with E-state index in [4.69, 9.17) is 9.72 Å². The zero-order valence-corrected chi connectivity index (χ0v) is 14.5. The van der Waals surface area contributed by atoms with Gasteiger partial charge in [-0.05, 0) is 43.5 Å². The summed E-state index contributed by atoms with van der Waals surface area (Å²) in [7, 11) is 0. The van der Waals surface area contributed by atoms with Gasteiger partial charge in [-0.15, -0.1) is 0 Å². The van der Waals surface area contributed by atoms with Crippen molar-refractivity contribution in [3.8, 4) is 0 Å². The quantitative estimate of drug-likeness (QED) is 0.882. The largest absolute Gasteiger partial charge is 0.381 e. The maximum Gasteiger partial charge on any atom is 0.224 e. The molecule has 2 aliphatic heterocycles. The Labute approximate surface area is 147 Å². The number of ether oxygens (including phenoxy) is 1. The van der Waals surface area contributed by atoms with Crippen molar-refractivity contribution < 1.29 is 9.53 Å². The van der Waals surface area contributed by atoms with Crippen molar-refractivity contribution in [2.45, 2.75) is 25.3 Å². The van der Waals surface area contributed by atoms with E-state index in [0.29, 0.717) is 25.0 Å². The van der Waals surface area contributed by atoms with Crippen LogP contribution in [0.15, 0.2) is 24.5 Å². The van der Waals surface area contributed by atoms with Crippen molar-refractivity contribution in [2.75, 3.05) is 26.3 Å². The van der Waals surface area contributed by atoms with Gasteiger partial charge in [0.2, 0.25) is 5.91 Å². The summed E-state index contributed by atoms with van der Waals surface area (Å²) >= 11 is 0. The van der Waals surface area contributed by atoms with Gasteiger partial charge >= 0.3 is 0 Å². The standard InChI is InChI=1S/C19H24N4O2/c1-12-3-2-6-23-15(12)11-21-18(23)19(4-7-25-8-5-19)22-17(24)16-13-9-20-10-14(13)16/h2-3,6,11,13-14,16,20H,4-5,7-10H2,1H3,(H,22,24)/t13-,14+,16+. The normalized spacial score (nSPS) is 30.2. The van der Waals surface area contributed by atoms with Gasteiger partial charge in [0, 0.05) is 38.2 Å². The molecule has 1 saturated carbocycles. The number of hydrogen-bond donors (Lipinski definition) is 2. The summed E-state index contributed by atoms with van der Waals surface area (Å²) in [4.78, 5) is 17.7. The maximum absolute atomic E-state index is 13.0. The van der Waals surface area contributed by atoms with Crippen LogP contribution >= 0.6 is 0 Å². The Bertz CT molecular complexity index is 814. The second-order valence-corrected chi connectivity index (χ2v) is 7.72. The summed E-state index contributed by atoms with van der Waals surface area (Å²) in [6, 6.07) is 4.13. The van der Waals surface area contributed by atoms with E-state index in [1.54, 1.807) is 0 Å². The van der Waals surface area contributed by atoms with Gasteiger partial charge < -0.3 is 19.8 Å². The molecule has 1 aliphatic carbocycles. The molecule has 3 fully saturated rings. The van der Waals surface area contributed by atoms with Gasteiger partial charge in [0.1, 0.15) is 11.4 Å². The van der Waals surface area contributed by atoms with E-state index in [1.807, 2.05) is 18.5 Å². The average Bonchev–Trinajstić information content (AvgIpc) is 2.98. The molecule has 4 heterocycles. The minimum atomic E-state index is -0.431. The van der Waals surface area contributed by atoms with Crippen molar-refractivity contribution in [2.24, 2.45) is 17.8 Å². The van der Waals surface area contributed by atoms with Crippen LogP contribution in [-0.2, 0) is 15.1 Å². The fourth-order valence-corrected chi connectivity index (χ4v) is 4.77. The molecule has 25 heavy (non-hydrogen) atoms. The molecule has 0 radical (unpaired) electrons. The number of hydrogen-bond acceptors (Lipinski definition) is 4. The Morgan fingerprint density at radius 2 is 2.12 bits per heavy atom. The molecule has 0 spiro atoms. The second-order valence-electron chi connectivity index (χ2n) is 7.72. The minimum absolute atomic E-state index is 0.175. The Morgan fingerprint density at radius 3 is 2.88 bits per heavy atom. The van der Waals surface area contributed by atoms with Gasteiger partial charge in [0.25, 0.3) is 0 Å². The Morgan fingerprint density at radius 1 is 1.36 bits per heavy atom. The lowest BCUT2D eigenvalue weighted by molar-refractivity contribution is -0.126. The van der Waals surface area contributed by atoms with Crippen molar-refractivity contribution in [3.05, 3.63) is 35.9 Å². The second kappa shape index (κ2) is 5.54. The molecule has 3 atom stereocenters. The summed E-state index contributed by atoms with van der Waals surface area (Å²) in [6.45, 7) is 5.35. The highest BCUT2D eigenvalue weighted by Crippen LogP contribution is 2.49. The molecular formula is C19H24N4O2. The smallest absolute Gasteiger partial charge is 0.224 e. The number of nitrogens with zero attached hydrogens (tertiary/aromatic N) is 2. The molecule has 5 rings (SSSR count). The van der Waals surface area contributed by atoms with Crippen LogP contribution in [0.25, 0.3) is 5.52 Å². The Kier molecular flexibility index (Phi) is 3.40. The number of piperidine rings is 1. The Balaban J connectivity index is 1.50. The molecule has 2 N–H and O–H groups in total. The highest BCUT2D eigenvalue weighted by atomic mass is 16.5. The first-order valence-corrected chi connectivity index (χ1v) is 9.23. The summed E-state index contributed by atoms with van der Waals surface area (Å²) in [5, 5.41) is 6.77. The molecule has 2 aromatic rings. The number of rotatable bonds is 3.